The van der Waals surface area contributed by atoms with Crippen LogP contribution in [0.1, 0.15) is 0 Å². The van der Waals surface area contributed by atoms with Crippen LogP contribution in [0, 0.1) is 71.2 Å². The fourth-order valence-corrected chi connectivity index (χ4v) is 0. The summed E-state index contributed by atoms with van der Waals surface area (Å²) >= 11 is 4.00. The molecule has 2 nitrogen and oxygen atoms in total. The van der Waals surface area contributed by atoms with Crippen LogP contribution < -0.4 is 0 Å². The Bertz CT molecular complexity index is 13.5. The molecule has 0 aliphatic heterocycles. The van der Waals surface area contributed by atoms with Crippen molar-refractivity contribution in [3.8, 4) is 0 Å². The molecule has 0 aliphatic rings. The van der Waals surface area contributed by atoms with Crippen molar-refractivity contribution in [1.29, 1.82) is 0 Å². The molecule has 0 fully saturated rings. The topological polar surface area (TPSA) is 34.1 Å². The van der Waals surface area contributed by atoms with Crippen molar-refractivity contribution < 1.29 is 111 Å². The molecule has 0 aromatic carbocycles. The van der Waals surface area contributed by atoms with Gasteiger partial charge in [0.25, 0.3) is 0 Å². The summed E-state index contributed by atoms with van der Waals surface area (Å²) in [7, 11) is 0. The second-order valence-electron chi connectivity index (χ2n) is 0. The van der Waals surface area contributed by atoms with Crippen LogP contribution in [0.2, 0.25) is 0 Å². The van der Waals surface area contributed by atoms with Crippen LogP contribution in [0.5, 0.6) is 0 Å². The van der Waals surface area contributed by atoms with Crippen LogP contribution in [-0.2, 0) is 39.3 Å². The molecule has 0 aliphatic carbocycles. The molecule has 6 heteroatoms. The summed E-state index contributed by atoms with van der Waals surface area (Å²) in [6.45, 7) is 0. The molecule has 34 valence electrons. The molecule has 0 saturated heterocycles. The Morgan fingerprint density at radius 1 is 1.00 bits per heavy atom. The third-order valence-corrected chi connectivity index (χ3v) is 0. The van der Waals surface area contributed by atoms with Gasteiger partial charge in [0, 0.05) is 71.2 Å². The van der Waals surface area contributed by atoms with Crippen LogP contribution in [0.25, 0.3) is 0 Å². The molecule has 0 aromatic heterocycles. The normalized spacial score (nSPS) is 1.50. The number of hydrogen-bond acceptors (Lipinski definition) is 2. The zero-order valence-corrected chi connectivity index (χ0v) is 12.2. The van der Waals surface area contributed by atoms with Crippen molar-refractivity contribution in [2.45, 2.75) is 0 Å². The van der Waals surface area contributed by atoms with E-state index in [9.17, 15) is 0 Å². The molecule has 0 unspecified atom stereocenters. The van der Waals surface area contributed by atoms with Crippen LogP contribution in [0.4, 0.5) is 0 Å². The van der Waals surface area contributed by atoms with Crippen molar-refractivity contribution in [2.24, 2.45) is 0 Å². The van der Waals surface area contributed by atoms with E-state index in [0.717, 1.165) is 0 Å². The van der Waals surface area contributed by atoms with Crippen molar-refractivity contribution in [3.63, 3.8) is 0 Å². The summed E-state index contributed by atoms with van der Waals surface area (Å²) in [6, 6.07) is 0. The first-order valence-corrected chi connectivity index (χ1v) is 1.20. The number of hydrogen-bond donors (Lipinski definition) is 0. The molecule has 0 N–H and O–H groups in total. The maximum atomic E-state index is 8.06. The number of rotatable bonds is 0. The van der Waals surface area contributed by atoms with Crippen molar-refractivity contribution in [1.82, 2.24) is 0 Å². The van der Waals surface area contributed by atoms with Gasteiger partial charge in [0.05, 0.1) is 0 Å². The van der Waals surface area contributed by atoms with Gasteiger partial charge in [-0.05, 0) is 0 Å². The molecular formula is CoLa2MnO2. The summed E-state index contributed by atoms with van der Waals surface area (Å²) in [4.78, 5) is 0. The van der Waals surface area contributed by atoms with Gasteiger partial charge in [0.2, 0.25) is 0 Å². The second kappa shape index (κ2) is 43.4. The van der Waals surface area contributed by atoms with Crippen LogP contribution >= 0.6 is 0 Å². The van der Waals surface area contributed by atoms with E-state index < -0.39 is 0 Å². The Hall–Kier alpha value is 3.02. The van der Waals surface area contributed by atoms with E-state index in [4.69, 9.17) is 7.70 Å². The quantitative estimate of drug-likeness (QED) is 0.504. The zero-order chi connectivity index (χ0) is 4.00. The zero-order valence-electron chi connectivity index (χ0n) is 2.68. The Balaban J connectivity index is -0.00000000500. The first-order chi connectivity index (χ1) is 2.00. The molecule has 6 heavy (non-hydrogen) atoms. The van der Waals surface area contributed by atoms with E-state index in [1.807, 2.05) is 0 Å². The molecule has 0 atom stereocenters. The molecule has 0 bridgehead atoms. The molecule has 0 heterocycles. The van der Waals surface area contributed by atoms with E-state index in [2.05, 4.69) is 15.7 Å². The summed E-state index contributed by atoms with van der Waals surface area (Å²) < 4.78 is 16.0. The van der Waals surface area contributed by atoms with E-state index in [1.54, 1.807) is 15.9 Å². The van der Waals surface area contributed by atoms with Gasteiger partial charge in [-0.3, -0.25) is 0 Å². The summed E-state index contributed by atoms with van der Waals surface area (Å²) in [6.07, 6.45) is 0. The van der Waals surface area contributed by atoms with Gasteiger partial charge in [0.15, 0.2) is 0 Å². The van der Waals surface area contributed by atoms with Crippen molar-refractivity contribution in [3.05, 3.63) is 0 Å². The van der Waals surface area contributed by atoms with Crippen LogP contribution in [0.15, 0.2) is 0 Å². The molecule has 2 radical (unpaired) electrons. The SMILES string of the molecule is [La].[La].[O]=[Co].[O]=[Mn]. The van der Waals surface area contributed by atoms with Gasteiger partial charge < -0.3 is 0 Å². The monoisotopic (exact) mass is 424 g/mol. The third-order valence-electron chi connectivity index (χ3n) is 0. The van der Waals surface area contributed by atoms with Crippen LogP contribution in [0.3, 0.4) is 0 Å². The predicted molar refractivity (Wildman–Crippen MR) is 1.37 cm³/mol. The summed E-state index contributed by atoms with van der Waals surface area (Å²) in [5, 5.41) is 0. The van der Waals surface area contributed by atoms with Gasteiger partial charge >= 0.3 is 39.3 Å². The second-order valence-corrected chi connectivity index (χ2v) is 0. The Morgan fingerprint density at radius 3 is 1.00 bits per heavy atom. The Labute approximate surface area is 108 Å². The first-order valence-electron chi connectivity index (χ1n) is 0.290. The minimum absolute atomic E-state index is 0. The van der Waals surface area contributed by atoms with Gasteiger partial charge in [-0.15, -0.1) is 0 Å². The van der Waals surface area contributed by atoms with E-state index in [1.165, 1.54) is 0 Å². The van der Waals surface area contributed by atoms with Crippen molar-refractivity contribution >= 4 is 0 Å². The van der Waals surface area contributed by atoms with E-state index >= 15 is 0 Å². The van der Waals surface area contributed by atoms with Gasteiger partial charge in [-0.25, -0.2) is 0 Å². The predicted octanol–water partition coefficient (Wildman–Crippen LogP) is -0.243. The molecule has 0 rings (SSSR count). The first kappa shape index (κ1) is 23.0. The molecule has 0 amide bonds. The van der Waals surface area contributed by atoms with Crippen molar-refractivity contribution in [2.75, 3.05) is 0 Å². The van der Waals surface area contributed by atoms with Gasteiger partial charge in [-0.1, -0.05) is 0 Å². The summed E-state index contributed by atoms with van der Waals surface area (Å²) in [5.41, 5.74) is 0. The third kappa shape index (κ3) is 27.9. The fraction of sp³-hybridized carbons (Fsp3) is 0. The van der Waals surface area contributed by atoms with Gasteiger partial charge in [0.1, 0.15) is 0 Å². The van der Waals surface area contributed by atoms with E-state index in [-0.39, 0.29) is 71.2 Å². The standard InChI is InChI=1S/Co.2La.Mn.2O. The molecular weight excluding hydrogens is 424 g/mol. The van der Waals surface area contributed by atoms with Crippen LogP contribution in [-0.4, -0.2) is 0 Å². The fourth-order valence-electron chi connectivity index (χ4n) is 0. The molecule has 0 aromatic rings. The minimum atomic E-state index is 0. The molecule has 0 saturated carbocycles. The average molecular weight is 424 g/mol. The summed E-state index contributed by atoms with van der Waals surface area (Å²) in [5.74, 6) is 0. The Morgan fingerprint density at radius 2 is 1.00 bits per heavy atom. The molecule has 0 spiro atoms. The Kier molecular flexibility index (Phi) is 166. The average Bonchev–Trinajstić information content (AvgIpc) is 1.50. The maximum absolute atomic E-state index is 8.06. The van der Waals surface area contributed by atoms with Gasteiger partial charge in [-0.2, -0.15) is 0 Å². The van der Waals surface area contributed by atoms with E-state index in [0.29, 0.717) is 0 Å².